The zero-order valence-corrected chi connectivity index (χ0v) is 12.1. The molecule has 0 saturated heterocycles. The fraction of sp³-hybridized carbons (Fsp3) is 0.294. The van der Waals surface area contributed by atoms with Crippen LogP contribution in [-0.4, -0.2) is 18.0 Å². The number of hydrogen-bond donors (Lipinski definition) is 1. The van der Waals surface area contributed by atoms with Crippen LogP contribution < -0.4 is 14.2 Å². The van der Waals surface area contributed by atoms with Crippen LogP contribution in [0.2, 0.25) is 0 Å². The van der Waals surface area contributed by atoms with Crippen molar-refractivity contribution in [3.05, 3.63) is 53.6 Å². The molecule has 0 radical (unpaired) electrons. The summed E-state index contributed by atoms with van der Waals surface area (Å²) in [6.07, 6.45) is -1.05. The number of benzene rings is 2. The van der Waals surface area contributed by atoms with Gasteiger partial charge >= 0.3 is 0 Å². The first-order valence-electron chi connectivity index (χ1n) is 6.94. The van der Waals surface area contributed by atoms with E-state index in [0.717, 1.165) is 11.1 Å². The molecule has 4 nitrogen and oxygen atoms in total. The Kier molecular flexibility index (Phi) is 3.71. The van der Waals surface area contributed by atoms with Crippen LogP contribution in [0.1, 0.15) is 24.2 Å². The number of hydrogen-bond acceptors (Lipinski definition) is 4. The van der Waals surface area contributed by atoms with Crippen molar-refractivity contribution in [3.8, 4) is 17.2 Å². The molecule has 1 N–H and O–H groups in total. The predicted molar refractivity (Wildman–Crippen MR) is 78.8 cm³/mol. The molecule has 1 aliphatic rings. The first kappa shape index (κ1) is 13.8. The third-order valence-electron chi connectivity index (χ3n) is 3.53. The van der Waals surface area contributed by atoms with Crippen LogP contribution in [0.25, 0.3) is 0 Å². The number of aryl methyl sites for hydroxylation is 1. The molecular formula is C17H18O4. The van der Waals surface area contributed by atoms with E-state index in [1.54, 1.807) is 6.07 Å². The van der Waals surface area contributed by atoms with Crippen molar-refractivity contribution in [1.29, 1.82) is 0 Å². The van der Waals surface area contributed by atoms with E-state index >= 15 is 0 Å². The van der Waals surface area contributed by atoms with Crippen molar-refractivity contribution in [2.45, 2.75) is 26.1 Å². The molecule has 3 rings (SSSR count). The van der Waals surface area contributed by atoms with Crippen LogP contribution in [0.15, 0.2) is 42.5 Å². The summed E-state index contributed by atoms with van der Waals surface area (Å²) >= 11 is 0. The van der Waals surface area contributed by atoms with Gasteiger partial charge in [-0.15, -0.1) is 0 Å². The van der Waals surface area contributed by atoms with Gasteiger partial charge in [-0.2, -0.15) is 0 Å². The Hall–Kier alpha value is -2.20. The molecule has 1 heterocycles. The summed E-state index contributed by atoms with van der Waals surface area (Å²) in [7, 11) is 0. The van der Waals surface area contributed by atoms with E-state index in [1.165, 1.54) is 0 Å². The van der Waals surface area contributed by atoms with Gasteiger partial charge < -0.3 is 19.3 Å². The molecule has 2 aromatic rings. The van der Waals surface area contributed by atoms with Crippen LogP contribution in [0.5, 0.6) is 17.2 Å². The molecule has 21 heavy (non-hydrogen) atoms. The molecule has 1 aliphatic heterocycles. The van der Waals surface area contributed by atoms with Gasteiger partial charge in [0.2, 0.25) is 6.79 Å². The molecule has 4 heteroatoms. The Morgan fingerprint density at radius 3 is 2.52 bits per heavy atom. The molecule has 0 amide bonds. The molecule has 110 valence electrons. The van der Waals surface area contributed by atoms with Crippen LogP contribution in [-0.2, 0) is 0 Å². The number of aliphatic hydroxyl groups excluding tert-OH is 1. The van der Waals surface area contributed by atoms with E-state index < -0.39 is 6.10 Å². The van der Waals surface area contributed by atoms with Crippen LogP contribution in [0, 0.1) is 6.92 Å². The lowest BCUT2D eigenvalue weighted by atomic mass is 10.0. The van der Waals surface area contributed by atoms with Crippen LogP contribution in [0.3, 0.4) is 0 Å². The van der Waals surface area contributed by atoms with Crippen molar-refractivity contribution in [2.75, 3.05) is 6.79 Å². The second-order valence-corrected chi connectivity index (χ2v) is 5.19. The van der Waals surface area contributed by atoms with E-state index in [9.17, 15) is 5.11 Å². The van der Waals surface area contributed by atoms with E-state index in [0.29, 0.717) is 17.2 Å². The maximum Gasteiger partial charge on any atom is 0.231 e. The Morgan fingerprint density at radius 1 is 1.05 bits per heavy atom. The van der Waals surface area contributed by atoms with Gasteiger partial charge in [0.05, 0.1) is 0 Å². The van der Waals surface area contributed by atoms with Crippen molar-refractivity contribution >= 4 is 0 Å². The highest BCUT2D eigenvalue weighted by atomic mass is 16.7. The maximum atomic E-state index is 10.4. The average molecular weight is 286 g/mol. The average Bonchev–Trinajstić information content (AvgIpc) is 2.95. The van der Waals surface area contributed by atoms with Crippen molar-refractivity contribution in [1.82, 2.24) is 0 Å². The summed E-state index contributed by atoms with van der Waals surface area (Å²) < 4.78 is 16.4. The van der Waals surface area contributed by atoms with Gasteiger partial charge in [-0.3, -0.25) is 0 Å². The van der Waals surface area contributed by atoms with Crippen LogP contribution in [0.4, 0.5) is 0 Å². The highest BCUT2D eigenvalue weighted by Gasteiger charge is 2.20. The minimum Gasteiger partial charge on any atom is -0.488 e. The quantitative estimate of drug-likeness (QED) is 0.937. The first-order valence-corrected chi connectivity index (χ1v) is 6.94. The lowest BCUT2D eigenvalue weighted by Crippen LogP contribution is -2.21. The molecule has 2 atom stereocenters. The molecule has 0 aromatic heterocycles. The second kappa shape index (κ2) is 5.66. The molecule has 0 spiro atoms. The summed E-state index contributed by atoms with van der Waals surface area (Å²) in [6.45, 7) is 4.10. The number of aliphatic hydroxyl groups is 1. The van der Waals surface area contributed by atoms with Crippen molar-refractivity contribution in [2.24, 2.45) is 0 Å². The van der Waals surface area contributed by atoms with Gasteiger partial charge in [-0.25, -0.2) is 0 Å². The highest BCUT2D eigenvalue weighted by molar-refractivity contribution is 5.47. The molecule has 0 saturated carbocycles. The lowest BCUT2D eigenvalue weighted by Gasteiger charge is -2.21. The van der Waals surface area contributed by atoms with Crippen LogP contribution >= 0.6 is 0 Å². The number of fused-ring (bicyclic) bond motifs is 1. The van der Waals surface area contributed by atoms with E-state index in [-0.39, 0.29) is 12.9 Å². The highest BCUT2D eigenvalue weighted by Crippen LogP contribution is 2.36. The minimum atomic E-state index is -0.684. The first-order chi connectivity index (χ1) is 10.1. The number of ether oxygens (including phenoxy) is 3. The van der Waals surface area contributed by atoms with Gasteiger partial charge in [0.25, 0.3) is 0 Å². The summed E-state index contributed by atoms with van der Waals surface area (Å²) in [4.78, 5) is 0. The topological polar surface area (TPSA) is 47.9 Å². The second-order valence-electron chi connectivity index (χ2n) is 5.19. The fourth-order valence-corrected chi connectivity index (χ4v) is 2.26. The Morgan fingerprint density at radius 2 is 1.76 bits per heavy atom. The third-order valence-corrected chi connectivity index (χ3v) is 3.53. The molecule has 2 aromatic carbocycles. The van der Waals surface area contributed by atoms with Gasteiger partial charge in [0.15, 0.2) is 11.5 Å². The summed E-state index contributed by atoms with van der Waals surface area (Å²) in [5.74, 6) is 2.04. The largest absolute Gasteiger partial charge is 0.488 e. The summed E-state index contributed by atoms with van der Waals surface area (Å²) in [6, 6.07) is 13.2. The van der Waals surface area contributed by atoms with Crippen molar-refractivity contribution < 1.29 is 19.3 Å². The van der Waals surface area contributed by atoms with Gasteiger partial charge in [-0.1, -0.05) is 29.8 Å². The van der Waals surface area contributed by atoms with E-state index in [1.807, 2.05) is 50.2 Å². The van der Waals surface area contributed by atoms with Gasteiger partial charge in [0.1, 0.15) is 18.0 Å². The van der Waals surface area contributed by atoms with Crippen molar-refractivity contribution in [3.63, 3.8) is 0 Å². The summed E-state index contributed by atoms with van der Waals surface area (Å²) in [5.41, 5.74) is 2.00. The SMILES string of the molecule is Cc1ccc(C(O)C(C)Oc2ccc3c(c2)OCO3)cc1. The Balaban J connectivity index is 1.70. The molecule has 0 fully saturated rings. The van der Waals surface area contributed by atoms with Gasteiger partial charge in [-0.05, 0) is 31.5 Å². The molecule has 2 unspecified atom stereocenters. The zero-order valence-electron chi connectivity index (χ0n) is 12.1. The molecule has 0 aliphatic carbocycles. The molecule has 0 bridgehead atoms. The number of rotatable bonds is 4. The van der Waals surface area contributed by atoms with Gasteiger partial charge in [0, 0.05) is 6.07 Å². The minimum absolute atomic E-state index is 0.236. The zero-order chi connectivity index (χ0) is 14.8. The standard InChI is InChI=1S/C17H18O4/c1-11-3-5-13(6-4-11)17(18)12(2)21-14-7-8-15-16(9-14)20-10-19-15/h3-9,12,17-18H,10H2,1-2H3. The Labute approximate surface area is 123 Å². The third kappa shape index (κ3) is 2.95. The van der Waals surface area contributed by atoms with E-state index in [2.05, 4.69) is 0 Å². The Bertz CT molecular complexity index is 621. The normalized spacial score (nSPS) is 15.6. The lowest BCUT2D eigenvalue weighted by molar-refractivity contribution is 0.0466. The molecular weight excluding hydrogens is 268 g/mol. The summed E-state index contributed by atoms with van der Waals surface area (Å²) in [5, 5.41) is 10.4. The fourth-order valence-electron chi connectivity index (χ4n) is 2.26. The predicted octanol–water partition coefficient (Wildman–Crippen LogP) is 3.22. The monoisotopic (exact) mass is 286 g/mol. The maximum absolute atomic E-state index is 10.4. The smallest absolute Gasteiger partial charge is 0.231 e. The van der Waals surface area contributed by atoms with E-state index in [4.69, 9.17) is 14.2 Å².